The minimum atomic E-state index is -1.07. The molecule has 144 valence electrons. The number of rotatable bonds is 3. The molecule has 4 rings (SSSR count). The lowest BCUT2D eigenvalue weighted by molar-refractivity contribution is -0.132. The van der Waals surface area contributed by atoms with Crippen LogP contribution in [0.4, 0.5) is 10.1 Å². The molecule has 4 nitrogen and oxygen atoms in total. The van der Waals surface area contributed by atoms with Crippen molar-refractivity contribution in [3.8, 4) is 0 Å². The molecule has 1 amide bonds. The van der Waals surface area contributed by atoms with Crippen LogP contribution < -0.4 is 4.90 Å². The highest BCUT2D eigenvalue weighted by Crippen LogP contribution is 2.42. The van der Waals surface area contributed by atoms with E-state index in [1.54, 1.807) is 60.7 Å². The van der Waals surface area contributed by atoms with Gasteiger partial charge < -0.3 is 5.11 Å². The van der Waals surface area contributed by atoms with Crippen molar-refractivity contribution >= 4 is 23.1 Å². The van der Waals surface area contributed by atoms with Crippen LogP contribution in [-0.4, -0.2) is 16.8 Å². The van der Waals surface area contributed by atoms with Gasteiger partial charge >= 0.3 is 0 Å². The van der Waals surface area contributed by atoms with E-state index >= 15 is 0 Å². The number of hydrogen-bond acceptors (Lipinski definition) is 3. The predicted molar refractivity (Wildman–Crippen MR) is 109 cm³/mol. The molecule has 1 atom stereocenters. The molecule has 1 fully saturated rings. The molecule has 5 heteroatoms. The lowest BCUT2D eigenvalue weighted by Gasteiger charge is -2.25. The molecule has 1 aliphatic heterocycles. The Balaban J connectivity index is 1.97. The molecule has 0 bridgehead atoms. The van der Waals surface area contributed by atoms with Gasteiger partial charge in [-0.3, -0.25) is 14.5 Å². The molecule has 0 radical (unpaired) electrons. The summed E-state index contributed by atoms with van der Waals surface area (Å²) in [4.78, 5) is 27.1. The molecule has 1 heterocycles. The maximum absolute atomic E-state index is 14.7. The minimum Gasteiger partial charge on any atom is -0.507 e. The normalized spacial score (nSPS) is 18.3. The van der Waals surface area contributed by atoms with Crippen LogP contribution in [0.15, 0.2) is 84.4 Å². The number of anilines is 1. The maximum Gasteiger partial charge on any atom is 0.300 e. The number of hydrogen-bond donors (Lipinski definition) is 1. The van der Waals surface area contributed by atoms with E-state index < -0.39 is 23.5 Å². The van der Waals surface area contributed by atoms with E-state index in [1.165, 1.54) is 23.1 Å². The number of aryl methyl sites for hydroxylation is 1. The summed E-state index contributed by atoms with van der Waals surface area (Å²) in [5, 5.41) is 10.9. The number of carbonyl (C=O) groups excluding carboxylic acids is 2. The summed E-state index contributed by atoms with van der Waals surface area (Å²) in [6, 6.07) is 20.4. The van der Waals surface area contributed by atoms with Gasteiger partial charge in [0.25, 0.3) is 11.7 Å². The van der Waals surface area contributed by atoms with E-state index in [-0.39, 0.29) is 16.9 Å². The average molecular weight is 387 g/mol. The Morgan fingerprint density at radius 3 is 2.17 bits per heavy atom. The van der Waals surface area contributed by atoms with Gasteiger partial charge in [0.1, 0.15) is 11.6 Å². The zero-order chi connectivity index (χ0) is 20.5. The second-order valence-electron chi connectivity index (χ2n) is 6.89. The van der Waals surface area contributed by atoms with Crippen molar-refractivity contribution in [2.45, 2.75) is 13.0 Å². The van der Waals surface area contributed by atoms with E-state index in [0.717, 1.165) is 5.56 Å². The van der Waals surface area contributed by atoms with Gasteiger partial charge in [0.05, 0.1) is 11.6 Å². The zero-order valence-corrected chi connectivity index (χ0v) is 15.7. The number of Topliss-reactive ketones (excluding diaryl/α,β-unsaturated/α-hetero) is 1. The Bertz CT molecular complexity index is 1120. The first-order valence-corrected chi connectivity index (χ1v) is 9.16. The molecule has 3 aromatic rings. The summed E-state index contributed by atoms with van der Waals surface area (Å²) in [5.41, 5.74) is 1.84. The molecule has 0 saturated carbocycles. The number of amides is 1. The van der Waals surface area contributed by atoms with Crippen molar-refractivity contribution in [1.29, 1.82) is 0 Å². The van der Waals surface area contributed by atoms with Crippen LogP contribution in [0, 0.1) is 12.7 Å². The number of halogens is 1. The minimum absolute atomic E-state index is 0.132. The third kappa shape index (κ3) is 3.21. The SMILES string of the molecule is Cc1ccc(/C(O)=C2\C(=O)C(=O)N(c3ccccc3)[C@@H]2c2ccccc2F)cc1. The van der Waals surface area contributed by atoms with Crippen LogP contribution in [0.25, 0.3) is 5.76 Å². The van der Waals surface area contributed by atoms with Crippen molar-refractivity contribution in [3.63, 3.8) is 0 Å². The molecule has 1 aliphatic rings. The molecular weight excluding hydrogens is 369 g/mol. The fourth-order valence-electron chi connectivity index (χ4n) is 3.55. The number of benzene rings is 3. The Labute approximate surface area is 167 Å². The molecule has 29 heavy (non-hydrogen) atoms. The zero-order valence-electron chi connectivity index (χ0n) is 15.7. The number of ketones is 1. The summed E-state index contributed by atoms with van der Waals surface area (Å²) in [7, 11) is 0. The van der Waals surface area contributed by atoms with Gasteiger partial charge in [-0.15, -0.1) is 0 Å². The van der Waals surface area contributed by atoms with Gasteiger partial charge in [-0.2, -0.15) is 0 Å². The van der Waals surface area contributed by atoms with E-state index in [1.807, 2.05) is 6.92 Å². The highest BCUT2D eigenvalue weighted by Gasteiger charge is 2.47. The third-order valence-electron chi connectivity index (χ3n) is 5.00. The fraction of sp³-hybridized carbons (Fsp3) is 0.0833. The smallest absolute Gasteiger partial charge is 0.300 e. The van der Waals surface area contributed by atoms with Crippen molar-refractivity contribution in [3.05, 3.63) is 107 Å². The second kappa shape index (κ2) is 7.36. The van der Waals surface area contributed by atoms with Gasteiger partial charge in [0, 0.05) is 16.8 Å². The van der Waals surface area contributed by atoms with E-state index in [9.17, 15) is 19.1 Å². The number of nitrogens with zero attached hydrogens (tertiary/aromatic N) is 1. The number of aliphatic hydroxyl groups is 1. The van der Waals surface area contributed by atoms with Gasteiger partial charge in [-0.25, -0.2) is 4.39 Å². The third-order valence-corrected chi connectivity index (χ3v) is 5.00. The topological polar surface area (TPSA) is 57.6 Å². The van der Waals surface area contributed by atoms with Crippen molar-refractivity contribution in [2.24, 2.45) is 0 Å². The number of para-hydroxylation sites is 1. The second-order valence-corrected chi connectivity index (χ2v) is 6.89. The summed E-state index contributed by atoms with van der Waals surface area (Å²) in [6.07, 6.45) is 0. The van der Waals surface area contributed by atoms with E-state index in [0.29, 0.717) is 11.3 Å². The number of aliphatic hydroxyl groups excluding tert-OH is 1. The fourth-order valence-corrected chi connectivity index (χ4v) is 3.55. The quantitative estimate of drug-likeness (QED) is 0.400. The first kappa shape index (κ1) is 18.6. The molecule has 3 aromatic carbocycles. The molecule has 0 spiro atoms. The largest absolute Gasteiger partial charge is 0.507 e. The Morgan fingerprint density at radius 1 is 0.897 bits per heavy atom. The van der Waals surface area contributed by atoms with E-state index in [4.69, 9.17) is 0 Å². The highest BCUT2D eigenvalue weighted by atomic mass is 19.1. The molecule has 1 N–H and O–H groups in total. The Morgan fingerprint density at radius 2 is 1.52 bits per heavy atom. The molecule has 0 aliphatic carbocycles. The van der Waals surface area contributed by atoms with E-state index in [2.05, 4.69) is 0 Å². The first-order valence-electron chi connectivity index (χ1n) is 9.16. The van der Waals surface area contributed by atoms with Crippen LogP contribution in [0.3, 0.4) is 0 Å². The average Bonchev–Trinajstić information content (AvgIpc) is 3.00. The van der Waals surface area contributed by atoms with Crippen molar-refractivity contribution in [2.75, 3.05) is 4.90 Å². The van der Waals surface area contributed by atoms with Crippen LogP contribution in [-0.2, 0) is 9.59 Å². The van der Waals surface area contributed by atoms with Crippen LogP contribution in [0.2, 0.25) is 0 Å². The van der Waals surface area contributed by atoms with Gasteiger partial charge in [0.15, 0.2) is 0 Å². The maximum atomic E-state index is 14.7. The first-order chi connectivity index (χ1) is 14.0. The lowest BCUT2D eigenvalue weighted by Crippen LogP contribution is -2.29. The van der Waals surface area contributed by atoms with Crippen LogP contribution in [0.1, 0.15) is 22.7 Å². The van der Waals surface area contributed by atoms with Crippen LogP contribution in [0.5, 0.6) is 0 Å². The molecule has 0 unspecified atom stereocenters. The summed E-state index contributed by atoms with van der Waals surface area (Å²) in [6.45, 7) is 1.90. The standard InChI is InChI=1S/C24H18FNO3/c1-15-11-13-16(14-12-15)22(27)20-21(18-9-5-6-10-19(18)25)26(24(29)23(20)28)17-7-3-2-4-8-17/h2-14,21,27H,1H3/b22-20+/t21-/m1/s1. The van der Waals surface area contributed by atoms with Crippen LogP contribution >= 0.6 is 0 Å². The Hall–Kier alpha value is -3.73. The van der Waals surface area contributed by atoms with Gasteiger partial charge in [-0.1, -0.05) is 66.2 Å². The Kier molecular flexibility index (Phi) is 4.72. The molecular formula is C24H18FNO3. The lowest BCUT2D eigenvalue weighted by atomic mass is 9.94. The van der Waals surface area contributed by atoms with Crippen molar-refractivity contribution in [1.82, 2.24) is 0 Å². The van der Waals surface area contributed by atoms with Gasteiger partial charge in [-0.05, 0) is 25.1 Å². The monoisotopic (exact) mass is 387 g/mol. The molecule has 1 saturated heterocycles. The van der Waals surface area contributed by atoms with Gasteiger partial charge in [0.2, 0.25) is 0 Å². The molecule has 0 aromatic heterocycles. The summed E-state index contributed by atoms with van der Waals surface area (Å²) < 4.78 is 14.7. The predicted octanol–water partition coefficient (Wildman–Crippen LogP) is 4.76. The summed E-state index contributed by atoms with van der Waals surface area (Å²) in [5.74, 6) is -2.54. The highest BCUT2D eigenvalue weighted by molar-refractivity contribution is 6.51. The summed E-state index contributed by atoms with van der Waals surface area (Å²) >= 11 is 0. The number of carbonyl (C=O) groups is 2. The van der Waals surface area contributed by atoms with Crippen molar-refractivity contribution < 1.29 is 19.1 Å².